The van der Waals surface area contributed by atoms with Gasteiger partial charge in [-0.2, -0.15) is 5.10 Å². The van der Waals surface area contributed by atoms with Crippen LogP contribution in [0.2, 0.25) is 0 Å². The predicted octanol–water partition coefficient (Wildman–Crippen LogP) is 0.0776. The maximum Gasteiger partial charge on any atom is 0.193 e. The number of hydrazone groups is 1. The van der Waals surface area contributed by atoms with Gasteiger partial charge in [-0.05, 0) is 12.1 Å². The first-order valence-corrected chi connectivity index (χ1v) is 4.42. The van der Waals surface area contributed by atoms with Crippen molar-refractivity contribution in [2.75, 3.05) is 0 Å². The van der Waals surface area contributed by atoms with Crippen LogP contribution in [0.4, 0.5) is 0 Å². The Kier molecular flexibility index (Phi) is 2.24. The average molecular weight is 219 g/mol. The second-order valence-electron chi connectivity index (χ2n) is 3.17. The smallest absolute Gasteiger partial charge is 0.193 e. The molecule has 0 saturated heterocycles. The van der Waals surface area contributed by atoms with Crippen molar-refractivity contribution in [1.82, 2.24) is 0 Å². The molecule has 2 aromatic rings. The molecule has 0 fully saturated rings. The Hall–Kier alpha value is -2.50. The lowest BCUT2D eigenvalue weighted by atomic mass is 10.2. The SMILES string of the molecule is NN=C(N)c1cc(=O)c2ccc(O)cc2o1. The van der Waals surface area contributed by atoms with Crippen LogP contribution in [0.25, 0.3) is 11.0 Å². The molecule has 6 nitrogen and oxygen atoms in total. The highest BCUT2D eigenvalue weighted by molar-refractivity contribution is 5.96. The Bertz CT molecular complexity index is 631. The van der Waals surface area contributed by atoms with Gasteiger partial charge in [-0.25, -0.2) is 0 Å². The van der Waals surface area contributed by atoms with Crippen molar-refractivity contribution in [3.05, 3.63) is 40.2 Å². The van der Waals surface area contributed by atoms with E-state index in [0.29, 0.717) is 5.39 Å². The molecule has 0 amide bonds. The number of amidine groups is 1. The second-order valence-corrected chi connectivity index (χ2v) is 3.17. The maximum absolute atomic E-state index is 11.6. The van der Waals surface area contributed by atoms with Crippen LogP contribution >= 0.6 is 0 Å². The summed E-state index contributed by atoms with van der Waals surface area (Å²) in [7, 11) is 0. The van der Waals surface area contributed by atoms with Gasteiger partial charge in [0.25, 0.3) is 0 Å². The van der Waals surface area contributed by atoms with Crippen molar-refractivity contribution in [2.24, 2.45) is 16.7 Å². The van der Waals surface area contributed by atoms with Gasteiger partial charge in [0, 0.05) is 12.1 Å². The molecule has 0 saturated carbocycles. The highest BCUT2D eigenvalue weighted by Gasteiger charge is 2.08. The first-order chi connectivity index (χ1) is 7.61. The molecule has 0 aliphatic carbocycles. The molecule has 1 aromatic carbocycles. The van der Waals surface area contributed by atoms with Gasteiger partial charge in [0.2, 0.25) is 0 Å². The van der Waals surface area contributed by atoms with Crippen LogP contribution < -0.4 is 17.0 Å². The summed E-state index contributed by atoms with van der Waals surface area (Å²) in [6.45, 7) is 0. The standard InChI is InChI=1S/C10H9N3O3/c11-10(13-12)9-4-7(15)6-2-1-5(14)3-8(6)16-9/h1-4,14H,12H2,(H2,11,13). The number of benzene rings is 1. The molecule has 0 radical (unpaired) electrons. The van der Waals surface area contributed by atoms with E-state index in [0.717, 1.165) is 0 Å². The molecule has 6 heteroatoms. The normalized spacial score (nSPS) is 11.9. The third-order valence-electron chi connectivity index (χ3n) is 2.10. The van der Waals surface area contributed by atoms with Gasteiger partial charge in [-0.15, -0.1) is 0 Å². The number of nitrogens with two attached hydrogens (primary N) is 2. The van der Waals surface area contributed by atoms with Gasteiger partial charge in [-0.1, -0.05) is 0 Å². The summed E-state index contributed by atoms with van der Waals surface area (Å²) in [5.41, 5.74) is 5.38. The number of nitrogens with zero attached hydrogens (tertiary/aromatic N) is 1. The van der Waals surface area contributed by atoms with Gasteiger partial charge in [-0.3, -0.25) is 4.79 Å². The van der Waals surface area contributed by atoms with E-state index in [9.17, 15) is 9.90 Å². The molecule has 0 aliphatic heterocycles. The molecular weight excluding hydrogens is 210 g/mol. The van der Waals surface area contributed by atoms with E-state index in [4.69, 9.17) is 16.0 Å². The van der Waals surface area contributed by atoms with Crippen molar-refractivity contribution < 1.29 is 9.52 Å². The van der Waals surface area contributed by atoms with Crippen LogP contribution in [0, 0.1) is 0 Å². The van der Waals surface area contributed by atoms with Crippen LogP contribution in [-0.2, 0) is 0 Å². The fourth-order valence-electron chi connectivity index (χ4n) is 1.33. The Morgan fingerprint density at radius 2 is 2.12 bits per heavy atom. The Balaban J connectivity index is 2.80. The third-order valence-corrected chi connectivity index (χ3v) is 2.10. The van der Waals surface area contributed by atoms with Crippen LogP contribution in [0.15, 0.2) is 38.6 Å². The molecule has 1 heterocycles. The highest BCUT2D eigenvalue weighted by Crippen LogP contribution is 2.18. The summed E-state index contributed by atoms with van der Waals surface area (Å²) in [5.74, 6) is 4.97. The zero-order chi connectivity index (χ0) is 11.7. The van der Waals surface area contributed by atoms with Gasteiger partial charge >= 0.3 is 0 Å². The minimum Gasteiger partial charge on any atom is -0.508 e. The number of phenolic OH excluding ortho intramolecular Hbond substituents is 1. The summed E-state index contributed by atoms with van der Waals surface area (Å²) >= 11 is 0. The second kappa shape index (κ2) is 3.58. The molecule has 0 spiro atoms. The van der Waals surface area contributed by atoms with Gasteiger partial charge in [0.1, 0.15) is 11.3 Å². The Labute approximate surface area is 89.8 Å². The summed E-state index contributed by atoms with van der Waals surface area (Å²) in [6, 6.07) is 5.39. The molecule has 0 unspecified atom stereocenters. The number of phenols is 1. The van der Waals surface area contributed by atoms with Gasteiger partial charge in [0.15, 0.2) is 17.0 Å². The lowest BCUT2D eigenvalue weighted by Gasteiger charge is -2.01. The molecule has 0 atom stereocenters. The minimum atomic E-state index is -0.275. The van der Waals surface area contributed by atoms with E-state index in [2.05, 4.69) is 5.10 Å². The quantitative estimate of drug-likeness (QED) is 0.272. The van der Waals surface area contributed by atoms with E-state index in [1.165, 1.54) is 24.3 Å². The largest absolute Gasteiger partial charge is 0.508 e. The number of aromatic hydroxyl groups is 1. The van der Waals surface area contributed by atoms with E-state index < -0.39 is 0 Å². The fraction of sp³-hybridized carbons (Fsp3) is 0. The van der Waals surface area contributed by atoms with Crippen LogP contribution in [0.5, 0.6) is 5.75 Å². The molecule has 0 bridgehead atoms. The minimum absolute atomic E-state index is 0.00365. The Morgan fingerprint density at radius 1 is 1.38 bits per heavy atom. The summed E-state index contributed by atoms with van der Waals surface area (Å²) in [6.07, 6.45) is 0. The van der Waals surface area contributed by atoms with Crippen LogP contribution in [-0.4, -0.2) is 10.9 Å². The van der Waals surface area contributed by atoms with Crippen LogP contribution in [0.3, 0.4) is 0 Å². The summed E-state index contributed by atoms with van der Waals surface area (Å²) in [5, 5.41) is 12.8. The molecule has 5 N–H and O–H groups in total. The first-order valence-electron chi connectivity index (χ1n) is 4.42. The zero-order valence-corrected chi connectivity index (χ0v) is 8.18. The Morgan fingerprint density at radius 3 is 2.81 bits per heavy atom. The molecule has 0 aliphatic rings. The first kappa shape index (κ1) is 10.0. The van der Waals surface area contributed by atoms with Crippen molar-refractivity contribution in [3.8, 4) is 5.75 Å². The number of fused-ring (bicyclic) bond motifs is 1. The number of rotatable bonds is 1. The lowest BCUT2D eigenvalue weighted by Crippen LogP contribution is -2.17. The van der Waals surface area contributed by atoms with Crippen molar-refractivity contribution in [2.45, 2.75) is 0 Å². The lowest BCUT2D eigenvalue weighted by molar-refractivity contribution is 0.474. The fourth-order valence-corrected chi connectivity index (χ4v) is 1.33. The van der Waals surface area contributed by atoms with E-state index in [1.807, 2.05) is 0 Å². The molecule has 82 valence electrons. The summed E-state index contributed by atoms with van der Waals surface area (Å²) < 4.78 is 5.28. The topological polar surface area (TPSA) is 115 Å². The third kappa shape index (κ3) is 1.56. The van der Waals surface area contributed by atoms with E-state index >= 15 is 0 Å². The van der Waals surface area contributed by atoms with E-state index in [1.54, 1.807) is 0 Å². The molecular formula is C10H9N3O3. The van der Waals surface area contributed by atoms with Crippen molar-refractivity contribution in [1.29, 1.82) is 0 Å². The van der Waals surface area contributed by atoms with Gasteiger partial charge < -0.3 is 21.1 Å². The highest BCUT2D eigenvalue weighted by atomic mass is 16.3. The number of hydrogen-bond donors (Lipinski definition) is 3. The zero-order valence-electron chi connectivity index (χ0n) is 8.18. The van der Waals surface area contributed by atoms with Crippen molar-refractivity contribution in [3.63, 3.8) is 0 Å². The monoisotopic (exact) mass is 219 g/mol. The molecule has 16 heavy (non-hydrogen) atoms. The van der Waals surface area contributed by atoms with Gasteiger partial charge in [0.05, 0.1) is 5.39 Å². The van der Waals surface area contributed by atoms with Crippen LogP contribution in [0.1, 0.15) is 5.76 Å². The molecule has 1 aromatic heterocycles. The molecule has 2 rings (SSSR count). The average Bonchev–Trinajstić information content (AvgIpc) is 2.27. The van der Waals surface area contributed by atoms with Crippen molar-refractivity contribution >= 4 is 16.8 Å². The number of hydrogen-bond acceptors (Lipinski definition) is 5. The van der Waals surface area contributed by atoms with E-state index in [-0.39, 0.29) is 28.4 Å². The predicted molar refractivity (Wildman–Crippen MR) is 59.1 cm³/mol. The summed E-state index contributed by atoms with van der Waals surface area (Å²) in [4.78, 5) is 11.6. The maximum atomic E-state index is 11.6.